The molecule has 0 spiro atoms. The predicted octanol–water partition coefficient (Wildman–Crippen LogP) is 2.62. The van der Waals surface area contributed by atoms with Gasteiger partial charge < -0.3 is 10.2 Å². The van der Waals surface area contributed by atoms with E-state index in [1.807, 2.05) is 18.0 Å². The van der Waals surface area contributed by atoms with Crippen LogP contribution in [-0.4, -0.2) is 37.0 Å². The molecule has 0 aromatic carbocycles. The molecule has 1 aromatic heterocycles. The molecule has 0 radical (unpaired) electrons. The molecule has 17 heavy (non-hydrogen) atoms. The smallest absolute Gasteiger partial charge is 0.264 e. The SMILES string of the molecule is CNCC1CCCCN1C(=O)c1ccc(Cl)s1. The summed E-state index contributed by atoms with van der Waals surface area (Å²) >= 11 is 7.24. The number of likely N-dealkylation sites (tertiary alicyclic amines) is 1. The number of nitrogens with zero attached hydrogens (tertiary/aromatic N) is 1. The van der Waals surface area contributed by atoms with Gasteiger partial charge in [-0.2, -0.15) is 0 Å². The third-order valence-corrected chi connectivity index (χ3v) is 4.33. The molecule has 1 atom stereocenters. The number of hydrogen-bond donors (Lipinski definition) is 1. The van der Waals surface area contributed by atoms with E-state index in [1.165, 1.54) is 17.8 Å². The van der Waals surface area contributed by atoms with Crippen molar-refractivity contribution in [1.29, 1.82) is 0 Å². The summed E-state index contributed by atoms with van der Waals surface area (Å²) < 4.78 is 0.676. The fraction of sp³-hybridized carbons (Fsp3) is 0.583. The molecule has 1 aliphatic heterocycles. The van der Waals surface area contributed by atoms with Crippen LogP contribution in [0.5, 0.6) is 0 Å². The van der Waals surface area contributed by atoms with E-state index >= 15 is 0 Å². The maximum atomic E-state index is 12.3. The van der Waals surface area contributed by atoms with Crippen molar-refractivity contribution in [3.63, 3.8) is 0 Å². The molecule has 1 aromatic rings. The van der Waals surface area contributed by atoms with Crippen molar-refractivity contribution < 1.29 is 4.79 Å². The zero-order valence-electron chi connectivity index (χ0n) is 9.91. The van der Waals surface area contributed by atoms with E-state index in [2.05, 4.69) is 5.32 Å². The molecule has 94 valence electrons. The molecule has 0 aliphatic carbocycles. The number of amides is 1. The Balaban J connectivity index is 2.10. The molecular formula is C12H17ClN2OS. The van der Waals surface area contributed by atoms with Gasteiger partial charge in [0.25, 0.3) is 5.91 Å². The third kappa shape index (κ3) is 3.00. The number of hydrogen-bond acceptors (Lipinski definition) is 3. The monoisotopic (exact) mass is 272 g/mol. The molecule has 1 N–H and O–H groups in total. The van der Waals surface area contributed by atoms with Crippen LogP contribution in [0.25, 0.3) is 0 Å². The average molecular weight is 273 g/mol. The Labute approximate surface area is 111 Å². The summed E-state index contributed by atoms with van der Waals surface area (Å²) in [5.41, 5.74) is 0. The second-order valence-corrected chi connectivity index (χ2v) is 6.02. The number of halogens is 1. The molecule has 2 heterocycles. The Morgan fingerprint density at radius 2 is 2.41 bits per heavy atom. The second kappa shape index (κ2) is 5.85. The van der Waals surface area contributed by atoms with Gasteiger partial charge in [0, 0.05) is 19.1 Å². The van der Waals surface area contributed by atoms with E-state index in [4.69, 9.17) is 11.6 Å². The molecule has 5 heteroatoms. The van der Waals surface area contributed by atoms with E-state index in [0.29, 0.717) is 10.4 Å². The summed E-state index contributed by atoms with van der Waals surface area (Å²) in [7, 11) is 1.93. The van der Waals surface area contributed by atoms with E-state index in [0.717, 1.165) is 30.8 Å². The van der Waals surface area contributed by atoms with Crippen LogP contribution in [0, 0.1) is 0 Å². The number of carbonyl (C=O) groups excluding carboxylic acids is 1. The van der Waals surface area contributed by atoms with Gasteiger partial charge in [-0.25, -0.2) is 0 Å². The number of likely N-dealkylation sites (N-methyl/N-ethyl adjacent to an activating group) is 1. The lowest BCUT2D eigenvalue weighted by Crippen LogP contribution is -2.47. The number of rotatable bonds is 3. The summed E-state index contributed by atoms with van der Waals surface area (Å²) in [5.74, 6) is 0.127. The Morgan fingerprint density at radius 1 is 1.59 bits per heavy atom. The van der Waals surface area contributed by atoms with Crippen molar-refractivity contribution in [3.8, 4) is 0 Å². The Morgan fingerprint density at radius 3 is 3.06 bits per heavy atom. The lowest BCUT2D eigenvalue weighted by molar-refractivity contribution is 0.0620. The number of carbonyl (C=O) groups is 1. The molecule has 1 aliphatic rings. The van der Waals surface area contributed by atoms with Gasteiger partial charge in [0.05, 0.1) is 9.21 Å². The van der Waals surface area contributed by atoms with Gasteiger partial charge in [0.15, 0.2) is 0 Å². The number of piperidine rings is 1. The minimum Gasteiger partial charge on any atom is -0.334 e. The van der Waals surface area contributed by atoms with Crippen LogP contribution in [0.2, 0.25) is 4.34 Å². The van der Waals surface area contributed by atoms with Crippen molar-refractivity contribution in [2.45, 2.75) is 25.3 Å². The summed E-state index contributed by atoms with van der Waals surface area (Å²) in [6.07, 6.45) is 3.40. The maximum absolute atomic E-state index is 12.3. The highest BCUT2D eigenvalue weighted by Gasteiger charge is 2.27. The lowest BCUT2D eigenvalue weighted by Gasteiger charge is -2.35. The Kier molecular flexibility index (Phi) is 4.42. The minimum atomic E-state index is 0.127. The van der Waals surface area contributed by atoms with Gasteiger partial charge in [0.2, 0.25) is 0 Å². The molecule has 2 rings (SSSR count). The Bertz CT molecular complexity index is 392. The van der Waals surface area contributed by atoms with Gasteiger partial charge in [0.1, 0.15) is 0 Å². The van der Waals surface area contributed by atoms with Crippen LogP contribution in [0.1, 0.15) is 28.9 Å². The van der Waals surface area contributed by atoms with Crippen molar-refractivity contribution >= 4 is 28.8 Å². The highest BCUT2D eigenvalue weighted by molar-refractivity contribution is 7.17. The molecule has 0 saturated carbocycles. The summed E-state index contributed by atoms with van der Waals surface area (Å²) in [5, 5.41) is 3.16. The van der Waals surface area contributed by atoms with Gasteiger partial charge >= 0.3 is 0 Å². The van der Waals surface area contributed by atoms with Crippen molar-refractivity contribution in [2.75, 3.05) is 20.1 Å². The van der Waals surface area contributed by atoms with E-state index < -0.39 is 0 Å². The van der Waals surface area contributed by atoms with Gasteiger partial charge in [-0.15, -0.1) is 11.3 Å². The molecule has 0 bridgehead atoms. The second-order valence-electron chi connectivity index (χ2n) is 4.31. The standard InChI is InChI=1S/C12H17ClN2OS/c1-14-8-9-4-2-3-7-15(9)12(16)10-5-6-11(13)17-10/h5-6,9,14H,2-4,7-8H2,1H3. The molecular weight excluding hydrogens is 256 g/mol. The molecule has 1 saturated heterocycles. The van der Waals surface area contributed by atoms with Crippen LogP contribution in [0.15, 0.2) is 12.1 Å². The first-order valence-electron chi connectivity index (χ1n) is 5.93. The quantitative estimate of drug-likeness (QED) is 0.917. The molecule has 1 amide bonds. The van der Waals surface area contributed by atoms with Crippen LogP contribution < -0.4 is 5.32 Å². The van der Waals surface area contributed by atoms with Crippen molar-refractivity contribution in [2.24, 2.45) is 0 Å². The molecule has 3 nitrogen and oxygen atoms in total. The lowest BCUT2D eigenvalue weighted by atomic mass is 10.0. The fourth-order valence-electron chi connectivity index (χ4n) is 2.29. The summed E-state index contributed by atoms with van der Waals surface area (Å²) in [4.78, 5) is 15.1. The van der Waals surface area contributed by atoms with E-state index in [1.54, 1.807) is 6.07 Å². The van der Waals surface area contributed by atoms with E-state index in [-0.39, 0.29) is 5.91 Å². The zero-order valence-corrected chi connectivity index (χ0v) is 11.5. The average Bonchev–Trinajstić information content (AvgIpc) is 2.76. The maximum Gasteiger partial charge on any atom is 0.264 e. The first kappa shape index (κ1) is 12.9. The fourth-order valence-corrected chi connectivity index (χ4v) is 3.29. The van der Waals surface area contributed by atoms with E-state index in [9.17, 15) is 4.79 Å². The summed E-state index contributed by atoms with van der Waals surface area (Å²) in [6.45, 7) is 1.73. The first-order valence-corrected chi connectivity index (χ1v) is 7.12. The van der Waals surface area contributed by atoms with Crippen molar-refractivity contribution in [3.05, 3.63) is 21.3 Å². The largest absolute Gasteiger partial charge is 0.334 e. The summed E-state index contributed by atoms with van der Waals surface area (Å²) in [6, 6.07) is 3.93. The Hall–Kier alpha value is -0.580. The minimum absolute atomic E-state index is 0.127. The van der Waals surface area contributed by atoms with Crippen molar-refractivity contribution in [1.82, 2.24) is 10.2 Å². The molecule has 1 fully saturated rings. The topological polar surface area (TPSA) is 32.3 Å². The van der Waals surface area contributed by atoms with Crippen LogP contribution in [0.3, 0.4) is 0 Å². The zero-order chi connectivity index (χ0) is 12.3. The van der Waals surface area contributed by atoms with Crippen LogP contribution in [0.4, 0.5) is 0 Å². The number of thiophene rings is 1. The number of nitrogens with one attached hydrogen (secondary N) is 1. The molecule has 1 unspecified atom stereocenters. The third-order valence-electron chi connectivity index (χ3n) is 3.11. The highest BCUT2D eigenvalue weighted by atomic mass is 35.5. The van der Waals surface area contributed by atoms with Gasteiger partial charge in [-0.3, -0.25) is 4.79 Å². The highest BCUT2D eigenvalue weighted by Crippen LogP contribution is 2.25. The first-order chi connectivity index (χ1) is 8.22. The predicted molar refractivity (Wildman–Crippen MR) is 71.9 cm³/mol. The van der Waals surface area contributed by atoms with Gasteiger partial charge in [-0.05, 0) is 38.4 Å². The van der Waals surface area contributed by atoms with Crippen LogP contribution >= 0.6 is 22.9 Å². The van der Waals surface area contributed by atoms with Crippen LogP contribution in [-0.2, 0) is 0 Å². The van der Waals surface area contributed by atoms with Gasteiger partial charge in [-0.1, -0.05) is 11.6 Å². The normalized spacial score (nSPS) is 20.6.